The van der Waals surface area contributed by atoms with E-state index in [1.165, 1.54) is 0 Å². The number of halogens is 1. The normalized spacial score (nSPS) is 20.8. The summed E-state index contributed by atoms with van der Waals surface area (Å²) in [7, 11) is 0. The first-order valence-corrected chi connectivity index (χ1v) is 7.13. The van der Waals surface area contributed by atoms with Crippen molar-refractivity contribution in [3.63, 3.8) is 0 Å². The van der Waals surface area contributed by atoms with Crippen molar-refractivity contribution in [3.05, 3.63) is 28.2 Å². The third-order valence-corrected chi connectivity index (χ3v) is 4.33. The van der Waals surface area contributed by atoms with Crippen molar-refractivity contribution in [2.24, 2.45) is 0 Å². The summed E-state index contributed by atoms with van der Waals surface area (Å²) in [5, 5.41) is 19.5. The maximum atomic E-state index is 9.94. The molecule has 2 N–H and O–H groups in total. The zero-order valence-corrected chi connectivity index (χ0v) is 12.4. The second-order valence-electron chi connectivity index (χ2n) is 5.37. The molecule has 1 unspecified atom stereocenters. The highest BCUT2D eigenvalue weighted by Crippen LogP contribution is 2.31. The number of benzene rings is 1. The summed E-state index contributed by atoms with van der Waals surface area (Å²) in [4.78, 5) is 2.27. The highest BCUT2D eigenvalue weighted by Gasteiger charge is 2.27. The van der Waals surface area contributed by atoms with Gasteiger partial charge in [-0.05, 0) is 44.4 Å². The largest absolute Gasteiger partial charge is 0.390 e. The van der Waals surface area contributed by atoms with Crippen molar-refractivity contribution in [2.75, 3.05) is 18.0 Å². The Kier molecular flexibility index (Phi) is 3.99. The molecular weight excluding hydrogens is 294 g/mol. The Bertz CT molecular complexity index is 422. The van der Waals surface area contributed by atoms with Gasteiger partial charge in [-0.15, -0.1) is 0 Å². The van der Waals surface area contributed by atoms with Gasteiger partial charge in [0.05, 0.1) is 11.7 Å². The molecule has 100 valence electrons. The van der Waals surface area contributed by atoms with E-state index in [0.717, 1.165) is 41.7 Å². The summed E-state index contributed by atoms with van der Waals surface area (Å²) < 4.78 is 0.937. The SMILES string of the molecule is CC(O)c1ccc(N2CCC(C)(O)CC2)cc1Br. The molecule has 1 aromatic carbocycles. The maximum Gasteiger partial charge on any atom is 0.0772 e. The Morgan fingerprint density at radius 2 is 1.94 bits per heavy atom. The first-order valence-electron chi connectivity index (χ1n) is 6.34. The molecule has 3 nitrogen and oxygen atoms in total. The Labute approximate surface area is 117 Å². The third-order valence-electron chi connectivity index (χ3n) is 3.64. The fourth-order valence-corrected chi connectivity index (χ4v) is 3.00. The number of anilines is 1. The zero-order valence-electron chi connectivity index (χ0n) is 10.9. The van der Waals surface area contributed by atoms with E-state index in [0.29, 0.717) is 0 Å². The minimum Gasteiger partial charge on any atom is -0.390 e. The number of piperidine rings is 1. The molecule has 1 aromatic rings. The number of hydrogen-bond acceptors (Lipinski definition) is 3. The number of hydrogen-bond donors (Lipinski definition) is 2. The van der Waals surface area contributed by atoms with Crippen LogP contribution in [0, 0.1) is 0 Å². The molecule has 0 bridgehead atoms. The summed E-state index contributed by atoms with van der Waals surface area (Å²) in [5.41, 5.74) is 1.53. The predicted molar refractivity (Wildman–Crippen MR) is 76.8 cm³/mol. The Balaban J connectivity index is 2.13. The Morgan fingerprint density at radius 3 is 2.44 bits per heavy atom. The molecule has 2 rings (SSSR count). The number of aliphatic hydroxyl groups is 2. The van der Waals surface area contributed by atoms with Crippen LogP contribution in [0.1, 0.15) is 38.4 Å². The van der Waals surface area contributed by atoms with Crippen LogP contribution < -0.4 is 4.90 Å². The first kappa shape index (κ1) is 13.8. The van der Waals surface area contributed by atoms with Gasteiger partial charge in [-0.3, -0.25) is 0 Å². The van der Waals surface area contributed by atoms with Gasteiger partial charge >= 0.3 is 0 Å². The van der Waals surface area contributed by atoms with Gasteiger partial charge in [0.1, 0.15) is 0 Å². The smallest absolute Gasteiger partial charge is 0.0772 e. The lowest BCUT2D eigenvalue weighted by Gasteiger charge is -2.37. The minimum absolute atomic E-state index is 0.462. The monoisotopic (exact) mass is 313 g/mol. The molecule has 1 heterocycles. The number of nitrogens with zero attached hydrogens (tertiary/aromatic N) is 1. The zero-order chi connectivity index (χ0) is 13.3. The fourth-order valence-electron chi connectivity index (χ4n) is 2.30. The molecule has 0 aliphatic carbocycles. The van der Waals surface area contributed by atoms with E-state index in [4.69, 9.17) is 0 Å². The van der Waals surface area contributed by atoms with E-state index in [1.54, 1.807) is 6.92 Å². The van der Waals surface area contributed by atoms with E-state index in [9.17, 15) is 10.2 Å². The molecule has 1 saturated heterocycles. The summed E-state index contributed by atoms with van der Waals surface area (Å²) in [6.45, 7) is 5.40. The van der Waals surface area contributed by atoms with Crippen LogP contribution in [-0.2, 0) is 0 Å². The van der Waals surface area contributed by atoms with Crippen LogP contribution in [0.2, 0.25) is 0 Å². The van der Waals surface area contributed by atoms with Crippen LogP contribution in [0.3, 0.4) is 0 Å². The van der Waals surface area contributed by atoms with Crippen LogP contribution in [0.15, 0.2) is 22.7 Å². The van der Waals surface area contributed by atoms with Crippen molar-refractivity contribution in [2.45, 2.75) is 38.4 Å². The fraction of sp³-hybridized carbons (Fsp3) is 0.571. The highest BCUT2D eigenvalue weighted by atomic mass is 79.9. The van der Waals surface area contributed by atoms with Crippen LogP contribution in [0.5, 0.6) is 0 Å². The average Bonchev–Trinajstić information content (AvgIpc) is 2.28. The van der Waals surface area contributed by atoms with Gasteiger partial charge in [0.25, 0.3) is 0 Å². The molecule has 1 aliphatic heterocycles. The van der Waals surface area contributed by atoms with Gasteiger partial charge in [-0.1, -0.05) is 22.0 Å². The maximum absolute atomic E-state index is 9.94. The van der Waals surface area contributed by atoms with Crippen LogP contribution in [-0.4, -0.2) is 28.9 Å². The molecule has 4 heteroatoms. The van der Waals surface area contributed by atoms with E-state index in [1.807, 2.05) is 25.1 Å². The summed E-state index contributed by atoms with van der Waals surface area (Å²) in [6.07, 6.45) is 1.13. The lowest BCUT2D eigenvalue weighted by Crippen LogP contribution is -2.42. The lowest BCUT2D eigenvalue weighted by atomic mass is 9.93. The van der Waals surface area contributed by atoms with Crippen molar-refractivity contribution < 1.29 is 10.2 Å². The molecule has 0 radical (unpaired) electrons. The number of aliphatic hydroxyl groups excluding tert-OH is 1. The molecule has 0 aromatic heterocycles. The van der Waals surface area contributed by atoms with Crippen molar-refractivity contribution >= 4 is 21.6 Å². The number of rotatable bonds is 2. The summed E-state index contributed by atoms with van der Waals surface area (Å²) in [6, 6.07) is 6.03. The van der Waals surface area contributed by atoms with Crippen LogP contribution >= 0.6 is 15.9 Å². The summed E-state index contributed by atoms with van der Waals surface area (Å²) in [5.74, 6) is 0. The van der Waals surface area contributed by atoms with E-state index in [-0.39, 0.29) is 0 Å². The topological polar surface area (TPSA) is 43.7 Å². The van der Waals surface area contributed by atoms with Gasteiger partial charge in [-0.25, -0.2) is 0 Å². The molecule has 1 atom stereocenters. The van der Waals surface area contributed by atoms with Crippen molar-refractivity contribution in [3.8, 4) is 0 Å². The predicted octanol–water partition coefficient (Wildman–Crippen LogP) is 2.85. The van der Waals surface area contributed by atoms with Gasteiger partial charge in [0.2, 0.25) is 0 Å². The third kappa shape index (κ3) is 3.05. The van der Waals surface area contributed by atoms with Crippen LogP contribution in [0.25, 0.3) is 0 Å². The minimum atomic E-state index is -0.521. The van der Waals surface area contributed by atoms with E-state index >= 15 is 0 Å². The van der Waals surface area contributed by atoms with Gasteiger partial charge < -0.3 is 15.1 Å². The second-order valence-corrected chi connectivity index (χ2v) is 6.22. The standard InChI is InChI=1S/C14H20BrNO2/c1-10(17)12-4-3-11(9-13(12)15)16-7-5-14(2,18)6-8-16/h3-4,9-10,17-18H,5-8H2,1-2H3. The molecule has 0 spiro atoms. The Hall–Kier alpha value is -0.580. The van der Waals surface area contributed by atoms with Gasteiger partial charge in [0, 0.05) is 23.2 Å². The van der Waals surface area contributed by atoms with Crippen molar-refractivity contribution in [1.82, 2.24) is 0 Å². The summed E-state index contributed by atoms with van der Waals surface area (Å²) >= 11 is 3.50. The molecule has 18 heavy (non-hydrogen) atoms. The van der Waals surface area contributed by atoms with Crippen LogP contribution in [0.4, 0.5) is 5.69 Å². The van der Waals surface area contributed by atoms with Crippen molar-refractivity contribution in [1.29, 1.82) is 0 Å². The molecule has 0 amide bonds. The molecule has 1 fully saturated rings. The first-order chi connectivity index (χ1) is 8.39. The second kappa shape index (κ2) is 5.19. The quantitative estimate of drug-likeness (QED) is 0.882. The highest BCUT2D eigenvalue weighted by molar-refractivity contribution is 9.10. The Morgan fingerprint density at radius 1 is 1.33 bits per heavy atom. The molecule has 0 saturated carbocycles. The molecule has 1 aliphatic rings. The molecular formula is C14H20BrNO2. The van der Waals surface area contributed by atoms with Gasteiger partial charge in [0.15, 0.2) is 0 Å². The van der Waals surface area contributed by atoms with E-state index < -0.39 is 11.7 Å². The lowest BCUT2D eigenvalue weighted by molar-refractivity contribution is 0.0351. The van der Waals surface area contributed by atoms with Gasteiger partial charge in [-0.2, -0.15) is 0 Å². The van der Waals surface area contributed by atoms with E-state index in [2.05, 4.69) is 20.8 Å². The average molecular weight is 314 g/mol.